The van der Waals surface area contributed by atoms with Gasteiger partial charge >= 0.3 is 0 Å². The summed E-state index contributed by atoms with van der Waals surface area (Å²) in [7, 11) is 0. The molecule has 65 heavy (non-hydrogen) atoms. The zero-order valence-electron chi connectivity index (χ0n) is 36.8. The fourth-order valence-electron chi connectivity index (χ4n) is 10.7. The number of hydrogen-bond acceptors (Lipinski definition) is 4. The van der Waals surface area contributed by atoms with Crippen molar-refractivity contribution in [2.75, 3.05) is 0 Å². The minimum atomic E-state index is 0.0676. The number of nitrogens with zero attached hydrogens (tertiary/aromatic N) is 5. The molecule has 312 valence electrons. The van der Waals surface area contributed by atoms with Gasteiger partial charge in [0.1, 0.15) is 0 Å². The molecular formula is C59H45N5S. The zero-order valence-corrected chi connectivity index (χ0v) is 37.6. The average molecular weight is 856 g/mol. The maximum atomic E-state index is 5.38. The third-order valence-electron chi connectivity index (χ3n) is 14.3. The topological polar surface area (TPSA) is 48.5 Å². The van der Waals surface area contributed by atoms with E-state index in [1.165, 1.54) is 58.7 Å². The number of thiophene rings is 1. The van der Waals surface area contributed by atoms with E-state index in [1.807, 2.05) is 29.5 Å². The highest BCUT2D eigenvalue weighted by molar-refractivity contribution is 7.25. The Hall–Kier alpha value is -7.41. The first-order chi connectivity index (χ1) is 31.7. The van der Waals surface area contributed by atoms with Gasteiger partial charge in [0, 0.05) is 58.5 Å². The van der Waals surface area contributed by atoms with E-state index < -0.39 is 0 Å². The second kappa shape index (κ2) is 14.0. The van der Waals surface area contributed by atoms with Crippen molar-refractivity contribution >= 4 is 75.1 Å². The van der Waals surface area contributed by atoms with Crippen molar-refractivity contribution in [3.05, 3.63) is 187 Å². The highest BCUT2D eigenvalue weighted by Crippen LogP contribution is 2.49. The number of para-hydroxylation sites is 2. The van der Waals surface area contributed by atoms with Gasteiger partial charge in [-0.15, -0.1) is 11.3 Å². The number of hydrogen-bond donors (Lipinski definition) is 0. The summed E-state index contributed by atoms with van der Waals surface area (Å²) < 4.78 is 7.34. The Morgan fingerprint density at radius 3 is 1.69 bits per heavy atom. The standard InChI is InChI=1S/C59H45N5S/c1-58(2)30-31-59(3,4)47-35-51-43(32-46(47)58)45-34-50-44(33-49(45)63(51)39-18-9-6-10-19-39)41-20-11-13-23-48(41)64(50)57-61-55(37-16-7-5-8-17-37)60-56(62-57)38-28-26-36(27-29-38)40-22-15-25-53-54(40)42-21-12-14-24-52(42)65-53/h5-29,32-35H,30-31H2,1-4H3. The van der Waals surface area contributed by atoms with Crippen LogP contribution in [0.5, 0.6) is 0 Å². The molecule has 4 heterocycles. The van der Waals surface area contributed by atoms with E-state index in [1.54, 1.807) is 0 Å². The Morgan fingerprint density at radius 2 is 0.954 bits per heavy atom. The van der Waals surface area contributed by atoms with E-state index in [0.717, 1.165) is 57.0 Å². The van der Waals surface area contributed by atoms with Gasteiger partial charge in [-0.1, -0.05) is 149 Å². The molecule has 0 fully saturated rings. The molecule has 5 nitrogen and oxygen atoms in total. The highest BCUT2D eigenvalue weighted by atomic mass is 32.1. The molecule has 0 unspecified atom stereocenters. The van der Waals surface area contributed by atoms with E-state index in [2.05, 4.69) is 195 Å². The minimum Gasteiger partial charge on any atom is -0.309 e. The van der Waals surface area contributed by atoms with E-state index in [9.17, 15) is 0 Å². The smallest absolute Gasteiger partial charge is 0.238 e. The number of benzene rings is 8. The molecule has 0 radical (unpaired) electrons. The van der Waals surface area contributed by atoms with Gasteiger partial charge in [-0.25, -0.2) is 4.98 Å². The van der Waals surface area contributed by atoms with Crippen molar-refractivity contribution in [1.82, 2.24) is 24.1 Å². The summed E-state index contributed by atoms with van der Waals surface area (Å²) in [6.07, 6.45) is 2.32. The van der Waals surface area contributed by atoms with Crippen LogP contribution >= 0.6 is 11.3 Å². The van der Waals surface area contributed by atoms with Gasteiger partial charge in [-0.2, -0.15) is 9.97 Å². The summed E-state index contributed by atoms with van der Waals surface area (Å²) in [5.41, 5.74) is 13.0. The molecule has 0 atom stereocenters. The molecule has 4 aromatic heterocycles. The van der Waals surface area contributed by atoms with Crippen molar-refractivity contribution < 1.29 is 0 Å². The lowest BCUT2D eigenvalue weighted by atomic mass is 9.63. The quantitative estimate of drug-likeness (QED) is 0.173. The van der Waals surface area contributed by atoms with Gasteiger partial charge in [-0.3, -0.25) is 4.57 Å². The van der Waals surface area contributed by atoms with Crippen molar-refractivity contribution in [3.63, 3.8) is 0 Å². The van der Waals surface area contributed by atoms with Crippen LogP contribution in [0.15, 0.2) is 176 Å². The van der Waals surface area contributed by atoms with Gasteiger partial charge in [0.15, 0.2) is 11.6 Å². The monoisotopic (exact) mass is 855 g/mol. The summed E-state index contributed by atoms with van der Waals surface area (Å²) in [6, 6.07) is 63.7. The van der Waals surface area contributed by atoms with Crippen LogP contribution in [-0.2, 0) is 10.8 Å². The fourth-order valence-corrected chi connectivity index (χ4v) is 11.9. The Labute approximate surface area is 381 Å². The number of rotatable bonds is 5. The second-order valence-electron chi connectivity index (χ2n) is 19.1. The summed E-state index contributed by atoms with van der Waals surface area (Å²) in [4.78, 5) is 15.9. The van der Waals surface area contributed by atoms with Crippen molar-refractivity contribution in [2.45, 2.75) is 51.4 Å². The first-order valence-corrected chi connectivity index (χ1v) is 23.5. The van der Waals surface area contributed by atoms with Crippen LogP contribution in [0.3, 0.4) is 0 Å². The van der Waals surface area contributed by atoms with E-state index in [-0.39, 0.29) is 10.8 Å². The maximum absolute atomic E-state index is 5.38. The van der Waals surface area contributed by atoms with Crippen LogP contribution < -0.4 is 0 Å². The van der Waals surface area contributed by atoms with Crippen LogP contribution in [0.2, 0.25) is 0 Å². The zero-order chi connectivity index (χ0) is 43.6. The van der Waals surface area contributed by atoms with E-state index >= 15 is 0 Å². The molecule has 0 amide bonds. The Kier molecular flexibility index (Phi) is 8.23. The maximum Gasteiger partial charge on any atom is 0.238 e. The van der Waals surface area contributed by atoms with Crippen molar-refractivity contribution in [3.8, 4) is 45.5 Å². The van der Waals surface area contributed by atoms with Crippen LogP contribution in [-0.4, -0.2) is 24.1 Å². The van der Waals surface area contributed by atoms with Gasteiger partial charge in [0.25, 0.3) is 0 Å². The Bertz CT molecular complexity index is 3870. The molecule has 0 bridgehead atoms. The first-order valence-electron chi connectivity index (χ1n) is 22.6. The summed E-state index contributed by atoms with van der Waals surface area (Å²) in [5.74, 6) is 1.85. The molecule has 0 aliphatic heterocycles. The van der Waals surface area contributed by atoms with Crippen LogP contribution in [0.4, 0.5) is 0 Å². The molecule has 0 saturated carbocycles. The molecule has 0 N–H and O–H groups in total. The van der Waals surface area contributed by atoms with Crippen LogP contribution in [0.25, 0.3) is 109 Å². The van der Waals surface area contributed by atoms with Gasteiger partial charge < -0.3 is 4.57 Å². The SMILES string of the molecule is CC1(C)CCC(C)(C)c2cc3c(cc21)c1cc2c(cc1n3-c1ccccc1)c1ccccc1n2-c1nc(-c2ccccc2)nc(-c2ccc(-c3cccc4sc5ccccc5c34)cc2)n1. The normalized spacial score (nSPS) is 14.6. The molecule has 12 aromatic rings. The molecule has 0 saturated heterocycles. The average Bonchev–Trinajstić information content (AvgIpc) is 3.99. The van der Waals surface area contributed by atoms with Crippen molar-refractivity contribution in [1.29, 1.82) is 0 Å². The third kappa shape index (κ3) is 5.86. The summed E-state index contributed by atoms with van der Waals surface area (Å²) in [6.45, 7) is 9.67. The van der Waals surface area contributed by atoms with Gasteiger partial charge in [-0.05, 0) is 101 Å². The molecule has 1 aliphatic carbocycles. The molecule has 1 aliphatic rings. The van der Waals surface area contributed by atoms with Crippen LogP contribution in [0, 0.1) is 0 Å². The Balaban J connectivity index is 1.05. The van der Waals surface area contributed by atoms with Crippen molar-refractivity contribution in [2.24, 2.45) is 0 Å². The molecule has 6 heteroatoms. The summed E-state index contributed by atoms with van der Waals surface area (Å²) >= 11 is 1.85. The largest absolute Gasteiger partial charge is 0.309 e. The minimum absolute atomic E-state index is 0.0676. The van der Waals surface area contributed by atoms with Gasteiger partial charge in [0.05, 0.1) is 22.1 Å². The molecular weight excluding hydrogens is 811 g/mol. The first kappa shape index (κ1) is 38.1. The lowest BCUT2D eigenvalue weighted by Crippen LogP contribution is -2.33. The Morgan fingerprint density at radius 1 is 0.415 bits per heavy atom. The molecule has 0 spiro atoms. The predicted molar refractivity (Wildman–Crippen MR) is 273 cm³/mol. The lowest BCUT2D eigenvalue weighted by Gasteiger charge is -2.42. The third-order valence-corrected chi connectivity index (χ3v) is 15.4. The number of aromatic nitrogens is 5. The number of fused-ring (bicyclic) bond motifs is 10. The second-order valence-corrected chi connectivity index (χ2v) is 20.2. The lowest BCUT2D eigenvalue weighted by molar-refractivity contribution is 0.332. The van der Waals surface area contributed by atoms with Crippen LogP contribution in [0.1, 0.15) is 51.7 Å². The highest BCUT2D eigenvalue weighted by Gasteiger charge is 2.38. The van der Waals surface area contributed by atoms with E-state index in [4.69, 9.17) is 15.0 Å². The molecule has 13 rings (SSSR count). The summed E-state index contributed by atoms with van der Waals surface area (Å²) in [5, 5.41) is 7.37. The van der Waals surface area contributed by atoms with E-state index in [0.29, 0.717) is 17.6 Å². The fraction of sp³-hybridized carbons (Fsp3) is 0.136. The molecule has 8 aromatic carbocycles. The van der Waals surface area contributed by atoms with Gasteiger partial charge in [0.2, 0.25) is 5.95 Å². The predicted octanol–water partition coefficient (Wildman–Crippen LogP) is 15.8.